The highest BCUT2D eigenvalue weighted by Gasteiger charge is 2.21. The van der Waals surface area contributed by atoms with Gasteiger partial charge in [0.25, 0.3) is 0 Å². The van der Waals surface area contributed by atoms with Gasteiger partial charge in [-0.1, -0.05) is 39.0 Å². The Labute approximate surface area is 92.2 Å². The zero-order valence-corrected chi connectivity index (χ0v) is 9.85. The topological polar surface area (TPSA) is 17.1 Å². The average molecular weight is 217 g/mol. The van der Waals surface area contributed by atoms with Crippen molar-refractivity contribution in [3.8, 4) is 0 Å². The Bertz CT molecular complexity index is 171. The Morgan fingerprint density at radius 1 is 1.21 bits per heavy atom. The van der Waals surface area contributed by atoms with Crippen molar-refractivity contribution in [2.24, 2.45) is 11.8 Å². The number of rotatable bonds is 5. The van der Waals surface area contributed by atoms with Gasteiger partial charge in [-0.2, -0.15) is 0 Å². The summed E-state index contributed by atoms with van der Waals surface area (Å²) in [6.07, 6.45) is 9.72. The van der Waals surface area contributed by atoms with Crippen molar-refractivity contribution in [2.45, 2.75) is 58.3 Å². The summed E-state index contributed by atoms with van der Waals surface area (Å²) in [6, 6.07) is 0. The molecule has 0 spiro atoms. The van der Waals surface area contributed by atoms with E-state index in [-0.39, 0.29) is 5.24 Å². The van der Waals surface area contributed by atoms with E-state index < -0.39 is 0 Å². The summed E-state index contributed by atoms with van der Waals surface area (Å²) in [6.45, 7) is 2.25. The second-order valence-corrected chi connectivity index (χ2v) is 5.01. The van der Waals surface area contributed by atoms with Crippen LogP contribution in [0.2, 0.25) is 0 Å². The molecule has 82 valence electrons. The van der Waals surface area contributed by atoms with E-state index in [0.29, 0.717) is 12.3 Å². The molecule has 0 bridgehead atoms. The van der Waals surface area contributed by atoms with Crippen LogP contribution in [0.1, 0.15) is 58.3 Å². The summed E-state index contributed by atoms with van der Waals surface area (Å²) in [5.74, 6) is 1.51. The number of unbranched alkanes of at least 4 members (excludes halogenated alkanes) is 1. The third-order valence-electron chi connectivity index (χ3n) is 3.38. The Kier molecular flexibility index (Phi) is 5.54. The van der Waals surface area contributed by atoms with E-state index in [1.807, 2.05) is 0 Å². The predicted molar refractivity (Wildman–Crippen MR) is 60.5 cm³/mol. The van der Waals surface area contributed by atoms with Crippen molar-refractivity contribution < 1.29 is 4.79 Å². The van der Waals surface area contributed by atoms with E-state index in [4.69, 9.17) is 11.6 Å². The molecule has 1 aliphatic rings. The largest absolute Gasteiger partial charge is 0.281 e. The zero-order chi connectivity index (χ0) is 10.4. The lowest BCUT2D eigenvalue weighted by atomic mass is 9.79. The molecule has 0 N–H and O–H groups in total. The van der Waals surface area contributed by atoms with Gasteiger partial charge in [-0.05, 0) is 36.3 Å². The Morgan fingerprint density at radius 3 is 2.29 bits per heavy atom. The van der Waals surface area contributed by atoms with Crippen LogP contribution in [0.15, 0.2) is 0 Å². The fraction of sp³-hybridized carbons (Fsp3) is 0.917. The van der Waals surface area contributed by atoms with Crippen LogP contribution in [-0.4, -0.2) is 5.24 Å². The van der Waals surface area contributed by atoms with Crippen LogP contribution in [-0.2, 0) is 4.79 Å². The SMILES string of the molecule is CCCCC1CCC(CC(=O)Cl)CC1. The molecule has 0 aliphatic heterocycles. The molecule has 0 amide bonds. The molecule has 0 heterocycles. The van der Waals surface area contributed by atoms with Crippen LogP contribution >= 0.6 is 11.6 Å². The van der Waals surface area contributed by atoms with E-state index >= 15 is 0 Å². The highest BCUT2D eigenvalue weighted by atomic mass is 35.5. The lowest BCUT2D eigenvalue weighted by Crippen LogP contribution is -2.16. The second-order valence-electron chi connectivity index (χ2n) is 4.59. The van der Waals surface area contributed by atoms with Crippen LogP contribution in [0.3, 0.4) is 0 Å². The normalized spacial score (nSPS) is 27.6. The summed E-state index contributed by atoms with van der Waals surface area (Å²) in [4.78, 5) is 10.7. The molecule has 0 aromatic carbocycles. The minimum atomic E-state index is -0.151. The predicted octanol–water partition coefficient (Wildman–Crippen LogP) is 4.14. The molecule has 0 aromatic heterocycles. The quantitative estimate of drug-likeness (QED) is 0.632. The van der Waals surface area contributed by atoms with Gasteiger partial charge >= 0.3 is 0 Å². The summed E-state index contributed by atoms with van der Waals surface area (Å²) in [7, 11) is 0. The maximum absolute atomic E-state index is 10.7. The van der Waals surface area contributed by atoms with Crippen molar-refractivity contribution in [3.05, 3.63) is 0 Å². The number of carbonyl (C=O) groups excluding carboxylic acids is 1. The van der Waals surface area contributed by atoms with Gasteiger partial charge in [-0.3, -0.25) is 4.79 Å². The van der Waals surface area contributed by atoms with Gasteiger partial charge in [0.1, 0.15) is 0 Å². The van der Waals surface area contributed by atoms with Crippen LogP contribution < -0.4 is 0 Å². The molecule has 2 heteroatoms. The molecular weight excluding hydrogens is 196 g/mol. The third-order valence-corrected chi connectivity index (χ3v) is 3.54. The Balaban J connectivity index is 2.14. The van der Waals surface area contributed by atoms with E-state index in [1.54, 1.807) is 0 Å². The molecule has 0 radical (unpaired) electrons. The maximum atomic E-state index is 10.7. The first-order valence-corrected chi connectivity index (χ1v) is 6.28. The molecule has 1 saturated carbocycles. The van der Waals surface area contributed by atoms with Crippen molar-refractivity contribution in [1.82, 2.24) is 0 Å². The minimum Gasteiger partial charge on any atom is -0.281 e. The van der Waals surface area contributed by atoms with Crippen LogP contribution in [0.25, 0.3) is 0 Å². The smallest absolute Gasteiger partial charge is 0.221 e. The first-order chi connectivity index (χ1) is 6.72. The van der Waals surface area contributed by atoms with E-state index in [1.165, 1.54) is 44.9 Å². The summed E-state index contributed by atoms with van der Waals surface area (Å²) in [5, 5.41) is -0.151. The first kappa shape index (κ1) is 12.0. The molecule has 1 rings (SSSR count). The molecule has 1 fully saturated rings. The highest BCUT2D eigenvalue weighted by Crippen LogP contribution is 2.33. The maximum Gasteiger partial charge on any atom is 0.221 e. The standard InChI is InChI=1S/C12H21ClO/c1-2-3-4-10-5-7-11(8-6-10)9-12(13)14/h10-11H,2-9H2,1H3. The Hall–Kier alpha value is -0.0400. The lowest BCUT2D eigenvalue weighted by Gasteiger charge is -2.27. The molecule has 0 saturated heterocycles. The van der Waals surface area contributed by atoms with Gasteiger partial charge in [0.15, 0.2) is 0 Å². The minimum absolute atomic E-state index is 0.151. The number of carbonyl (C=O) groups is 1. The molecule has 14 heavy (non-hydrogen) atoms. The van der Waals surface area contributed by atoms with E-state index in [0.717, 1.165) is 5.92 Å². The van der Waals surface area contributed by atoms with Gasteiger partial charge in [-0.25, -0.2) is 0 Å². The average Bonchev–Trinajstić information content (AvgIpc) is 2.16. The van der Waals surface area contributed by atoms with Gasteiger partial charge in [0, 0.05) is 6.42 Å². The van der Waals surface area contributed by atoms with Gasteiger partial charge < -0.3 is 0 Å². The second kappa shape index (κ2) is 6.44. The monoisotopic (exact) mass is 216 g/mol. The summed E-state index contributed by atoms with van der Waals surface area (Å²) >= 11 is 5.39. The van der Waals surface area contributed by atoms with E-state index in [2.05, 4.69) is 6.92 Å². The molecular formula is C12H21ClO. The highest BCUT2D eigenvalue weighted by molar-refractivity contribution is 6.63. The molecule has 1 nitrogen and oxygen atoms in total. The van der Waals surface area contributed by atoms with Gasteiger partial charge in [-0.15, -0.1) is 0 Å². The molecule has 0 unspecified atom stereocenters. The Morgan fingerprint density at radius 2 is 1.79 bits per heavy atom. The first-order valence-electron chi connectivity index (χ1n) is 5.90. The van der Waals surface area contributed by atoms with Crippen molar-refractivity contribution in [1.29, 1.82) is 0 Å². The van der Waals surface area contributed by atoms with Crippen molar-refractivity contribution in [3.63, 3.8) is 0 Å². The summed E-state index contributed by atoms with van der Waals surface area (Å²) in [5.41, 5.74) is 0. The van der Waals surface area contributed by atoms with Crippen molar-refractivity contribution >= 4 is 16.8 Å². The van der Waals surface area contributed by atoms with Crippen LogP contribution in [0.4, 0.5) is 0 Å². The van der Waals surface area contributed by atoms with Crippen LogP contribution in [0.5, 0.6) is 0 Å². The van der Waals surface area contributed by atoms with Gasteiger partial charge in [0.2, 0.25) is 5.24 Å². The molecule has 0 aromatic rings. The summed E-state index contributed by atoms with van der Waals surface area (Å²) < 4.78 is 0. The zero-order valence-electron chi connectivity index (χ0n) is 9.10. The fourth-order valence-electron chi connectivity index (χ4n) is 2.44. The number of hydrogen-bond donors (Lipinski definition) is 0. The van der Waals surface area contributed by atoms with Crippen molar-refractivity contribution in [2.75, 3.05) is 0 Å². The third kappa shape index (κ3) is 4.45. The van der Waals surface area contributed by atoms with E-state index in [9.17, 15) is 4.79 Å². The number of halogens is 1. The number of hydrogen-bond acceptors (Lipinski definition) is 1. The van der Waals surface area contributed by atoms with Crippen LogP contribution in [0, 0.1) is 11.8 Å². The fourth-order valence-corrected chi connectivity index (χ4v) is 2.66. The molecule has 0 atom stereocenters. The van der Waals surface area contributed by atoms with Gasteiger partial charge in [0.05, 0.1) is 0 Å². The lowest BCUT2D eigenvalue weighted by molar-refractivity contribution is -0.112. The molecule has 1 aliphatic carbocycles.